The van der Waals surface area contributed by atoms with Crippen molar-refractivity contribution in [2.45, 2.75) is 12.0 Å². The van der Waals surface area contributed by atoms with Crippen LogP contribution < -0.4 is 15.2 Å². The van der Waals surface area contributed by atoms with E-state index in [1.54, 1.807) is 18.2 Å². The Morgan fingerprint density at radius 2 is 1.42 bits per heavy atom. The van der Waals surface area contributed by atoms with Gasteiger partial charge in [0.15, 0.2) is 5.92 Å². The maximum atomic E-state index is 12.9. The van der Waals surface area contributed by atoms with Gasteiger partial charge in [-0.1, -0.05) is 48.5 Å². The molecule has 0 radical (unpaired) electrons. The van der Waals surface area contributed by atoms with Crippen molar-refractivity contribution in [3.05, 3.63) is 83.4 Å². The number of esters is 1. The summed E-state index contributed by atoms with van der Waals surface area (Å²) >= 11 is 0. The lowest BCUT2D eigenvalue weighted by atomic mass is 9.93. The molecular formula is C26H25NO6. The van der Waals surface area contributed by atoms with Crippen molar-refractivity contribution in [1.82, 2.24) is 0 Å². The Hall–Kier alpha value is -3.84. The van der Waals surface area contributed by atoms with Crippen LogP contribution in [-0.2, 0) is 14.3 Å². The highest BCUT2D eigenvalue weighted by Gasteiger charge is 2.37. The number of aliphatic carboxylic acids is 1. The minimum Gasteiger partial charge on any atom is -0.497 e. The minimum absolute atomic E-state index is 0.0186. The number of ether oxygens (including phenoxy) is 3. The van der Waals surface area contributed by atoms with E-state index in [0.717, 1.165) is 22.3 Å². The van der Waals surface area contributed by atoms with Gasteiger partial charge in [-0.25, -0.2) is 0 Å². The second-order valence-electron chi connectivity index (χ2n) is 7.84. The van der Waals surface area contributed by atoms with Gasteiger partial charge in [0.05, 0.1) is 20.3 Å². The first-order valence-electron chi connectivity index (χ1n) is 10.5. The van der Waals surface area contributed by atoms with E-state index in [0.29, 0.717) is 17.1 Å². The van der Waals surface area contributed by atoms with Gasteiger partial charge in [-0.05, 0) is 39.9 Å². The second kappa shape index (κ2) is 9.34. The molecule has 3 N–H and O–H groups in total. The van der Waals surface area contributed by atoms with Gasteiger partial charge in [-0.2, -0.15) is 0 Å². The van der Waals surface area contributed by atoms with Crippen LogP contribution in [0, 0.1) is 5.92 Å². The van der Waals surface area contributed by atoms with Gasteiger partial charge in [0.1, 0.15) is 18.1 Å². The number of carbonyl (C=O) groups is 2. The SMILES string of the molecule is COc1cc(OC)cc(C(N)[C@@H](C(=O)O)C(=O)OCC2c3ccccc3-c3ccccc32)c1. The summed E-state index contributed by atoms with van der Waals surface area (Å²) in [5.74, 6) is -3.13. The molecule has 0 saturated heterocycles. The number of carboxylic acid groups (broad SMARTS) is 1. The number of nitrogens with two attached hydrogens (primary N) is 1. The molecule has 1 aliphatic carbocycles. The number of hydrogen-bond acceptors (Lipinski definition) is 6. The van der Waals surface area contributed by atoms with Crippen LogP contribution in [0.3, 0.4) is 0 Å². The molecule has 0 amide bonds. The van der Waals surface area contributed by atoms with Crippen molar-refractivity contribution in [3.8, 4) is 22.6 Å². The molecule has 3 aromatic carbocycles. The fourth-order valence-electron chi connectivity index (χ4n) is 4.31. The molecule has 0 aliphatic heterocycles. The van der Waals surface area contributed by atoms with E-state index in [2.05, 4.69) is 0 Å². The Morgan fingerprint density at radius 3 is 1.91 bits per heavy atom. The van der Waals surface area contributed by atoms with Gasteiger partial charge < -0.3 is 25.1 Å². The van der Waals surface area contributed by atoms with Crippen molar-refractivity contribution in [2.24, 2.45) is 11.7 Å². The van der Waals surface area contributed by atoms with Gasteiger partial charge in [-0.15, -0.1) is 0 Å². The largest absolute Gasteiger partial charge is 0.497 e. The number of fused-ring (bicyclic) bond motifs is 3. The molecule has 4 rings (SSSR count). The molecule has 7 heteroatoms. The van der Waals surface area contributed by atoms with Gasteiger partial charge >= 0.3 is 11.9 Å². The molecule has 170 valence electrons. The number of rotatable bonds is 8. The van der Waals surface area contributed by atoms with Crippen LogP contribution in [0.15, 0.2) is 66.7 Å². The van der Waals surface area contributed by atoms with Crippen LogP contribution in [0.4, 0.5) is 0 Å². The van der Waals surface area contributed by atoms with Crippen molar-refractivity contribution >= 4 is 11.9 Å². The number of benzene rings is 3. The first kappa shape index (κ1) is 22.4. The molecule has 0 heterocycles. The Kier molecular flexibility index (Phi) is 6.33. The number of hydrogen-bond donors (Lipinski definition) is 2. The molecular weight excluding hydrogens is 422 g/mol. The van der Waals surface area contributed by atoms with Crippen molar-refractivity contribution in [2.75, 3.05) is 20.8 Å². The van der Waals surface area contributed by atoms with Crippen LogP contribution in [0.2, 0.25) is 0 Å². The Morgan fingerprint density at radius 1 is 0.909 bits per heavy atom. The molecule has 0 spiro atoms. The molecule has 1 unspecified atom stereocenters. The topological polar surface area (TPSA) is 108 Å². The maximum absolute atomic E-state index is 12.9. The molecule has 0 bridgehead atoms. The third-order valence-electron chi connectivity index (χ3n) is 5.99. The fourth-order valence-corrected chi connectivity index (χ4v) is 4.31. The predicted molar refractivity (Wildman–Crippen MR) is 122 cm³/mol. The lowest BCUT2D eigenvalue weighted by Gasteiger charge is -2.22. The molecule has 0 fully saturated rings. The van der Waals surface area contributed by atoms with Gasteiger partial charge in [0.2, 0.25) is 0 Å². The van der Waals surface area contributed by atoms with Gasteiger partial charge in [0.25, 0.3) is 0 Å². The first-order valence-corrected chi connectivity index (χ1v) is 10.5. The highest BCUT2D eigenvalue weighted by molar-refractivity contribution is 5.95. The molecule has 33 heavy (non-hydrogen) atoms. The summed E-state index contributed by atoms with van der Waals surface area (Å²) < 4.78 is 16.0. The highest BCUT2D eigenvalue weighted by Crippen LogP contribution is 2.44. The third kappa shape index (κ3) is 4.27. The number of carbonyl (C=O) groups excluding carboxylic acids is 1. The lowest BCUT2D eigenvalue weighted by molar-refractivity contribution is -0.160. The quantitative estimate of drug-likeness (QED) is 0.400. The number of carboxylic acids is 1. The first-order chi connectivity index (χ1) is 15.9. The normalized spacial score (nSPS) is 14.0. The Balaban J connectivity index is 1.56. The van der Waals surface area contributed by atoms with E-state index < -0.39 is 23.9 Å². The van der Waals surface area contributed by atoms with Gasteiger partial charge in [-0.3, -0.25) is 9.59 Å². The second-order valence-corrected chi connectivity index (χ2v) is 7.84. The van der Waals surface area contributed by atoms with E-state index >= 15 is 0 Å². The van der Waals surface area contributed by atoms with E-state index in [9.17, 15) is 14.7 Å². The molecule has 0 aromatic heterocycles. The maximum Gasteiger partial charge on any atom is 0.322 e. The summed E-state index contributed by atoms with van der Waals surface area (Å²) in [6.45, 7) is 0.0186. The van der Waals surface area contributed by atoms with Crippen molar-refractivity contribution in [3.63, 3.8) is 0 Å². The van der Waals surface area contributed by atoms with E-state index in [1.807, 2.05) is 48.5 Å². The number of methoxy groups -OCH3 is 2. The predicted octanol–water partition coefficient (Wildman–Crippen LogP) is 3.76. The summed E-state index contributed by atoms with van der Waals surface area (Å²) in [4.78, 5) is 25.0. The molecule has 1 aliphatic rings. The van der Waals surface area contributed by atoms with Crippen molar-refractivity contribution in [1.29, 1.82) is 0 Å². The van der Waals surface area contributed by atoms with Crippen LogP contribution in [0.25, 0.3) is 11.1 Å². The zero-order valence-corrected chi connectivity index (χ0v) is 18.4. The zero-order valence-electron chi connectivity index (χ0n) is 18.4. The third-order valence-corrected chi connectivity index (χ3v) is 5.99. The summed E-state index contributed by atoms with van der Waals surface area (Å²) in [6, 6.07) is 19.5. The van der Waals surface area contributed by atoms with E-state index in [-0.39, 0.29) is 12.5 Å². The van der Waals surface area contributed by atoms with Crippen LogP contribution >= 0.6 is 0 Å². The molecule has 0 saturated carbocycles. The minimum atomic E-state index is -1.59. The van der Waals surface area contributed by atoms with Crippen molar-refractivity contribution < 1.29 is 28.9 Å². The smallest absolute Gasteiger partial charge is 0.322 e. The average molecular weight is 447 g/mol. The highest BCUT2D eigenvalue weighted by atomic mass is 16.5. The summed E-state index contributed by atoms with van der Waals surface area (Å²) in [5.41, 5.74) is 10.9. The monoisotopic (exact) mass is 447 g/mol. The lowest BCUT2D eigenvalue weighted by Crippen LogP contribution is -2.36. The summed E-state index contributed by atoms with van der Waals surface area (Å²) in [5, 5.41) is 9.79. The standard InChI is InChI=1S/C26H25NO6/c1-31-16-11-15(12-17(13-16)32-2)24(27)23(25(28)29)26(30)33-14-22-20-9-5-3-7-18(20)19-8-4-6-10-21(19)22/h3-13,22-24H,14,27H2,1-2H3,(H,28,29)/t23-,24?/m0/s1. The molecule has 3 aromatic rings. The summed E-state index contributed by atoms with van der Waals surface area (Å²) in [6.07, 6.45) is 0. The summed E-state index contributed by atoms with van der Waals surface area (Å²) in [7, 11) is 2.95. The van der Waals surface area contributed by atoms with Gasteiger partial charge in [0, 0.05) is 12.0 Å². The van der Waals surface area contributed by atoms with E-state index in [1.165, 1.54) is 14.2 Å². The van der Waals surface area contributed by atoms with Crippen LogP contribution in [0.5, 0.6) is 11.5 Å². The fraction of sp³-hybridized carbons (Fsp3) is 0.231. The molecule has 7 nitrogen and oxygen atoms in total. The average Bonchev–Trinajstić information content (AvgIpc) is 3.15. The molecule has 2 atom stereocenters. The van der Waals surface area contributed by atoms with Crippen LogP contribution in [-0.4, -0.2) is 37.9 Å². The van der Waals surface area contributed by atoms with E-state index in [4.69, 9.17) is 19.9 Å². The van der Waals surface area contributed by atoms with Crippen LogP contribution in [0.1, 0.15) is 28.7 Å². The Labute approximate surface area is 191 Å². The zero-order chi connectivity index (χ0) is 23.5. The Bertz CT molecular complexity index is 1120.